The Morgan fingerprint density at radius 2 is 1.45 bits per heavy atom. The molecule has 0 saturated carbocycles. The minimum absolute atomic E-state index is 0.0520. The molecule has 1 aromatic heterocycles. The van der Waals surface area contributed by atoms with E-state index < -0.39 is 11.7 Å². The minimum atomic E-state index is -0.466. The Bertz CT molecular complexity index is 1060. The molecule has 0 saturated heterocycles. The first-order valence-corrected chi connectivity index (χ1v) is 9.17. The normalized spacial score (nSPS) is 10.8. The average Bonchev–Trinajstić information content (AvgIpc) is 3.23. The largest absolute Gasteiger partial charge is 0.419 e. The van der Waals surface area contributed by atoms with Crippen LogP contribution in [0.3, 0.4) is 0 Å². The summed E-state index contributed by atoms with van der Waals surface area (Å²) in [4.78, 5) is 13.0. The predicted molar refractivity (Wildman–Crippen MR) is 106 cm³/mol. The number of carbonyl (C=O) groups excluding carboxylic acids is 1. The highest BCUT2D eigenvalue weighted by atomic mass is 19.1. The van der Waals surface area contributed by atoms with Crippen LogP contribution in [0.15, 0.2) is 89.3 Å². The van der Waals surface area contributed by atoms with Crippen molar-refractivity contribution < 1.29 is 13.6 Å². The van der Waals surface area contributed by atoms with Crippen LogP contribution >= 0.6 is 0 Å². The van der Waals surface area contributed by atoms with Crippen molar-refractivity contribution in [2.75, 3.05) is 0 Å². The third kappa shape index (κ3) is 4.21. The summed E-state index contributed by atoms with van der Waals surface area (Å²) in [5.74, 6) is -0.814. The molecule has 29 heavy (non-hydrogen) atoms. The average molecular weight is 387 g/mol. The van der Waals surface area contributed by atoms with Crippen molar-refractivity contribution in [3.63, 3.8) is 0 Å². The van der Waals surface area contributed by atoms with Crippen LogP contribution in [0, 0.1) is 5.82 Å². The SMILES string of the molecule is O=C(NCc1nnc(-c2ccccc2F)o1)C(c1ccccc1)c1ccccc1. The first-order chi connectivity index (χ1) is 14.2. The standard InChI is InChI=1S/C23H18FN3O2/c24-19-14-8-7-13-18(19)23-27-26-20(29-23)15-25-22(28)21(16-9-3-1-4-10-16)17-11-5-2-6-12-17/h1-14,21H,15H2,(H,25,28). The molecule has 3 aromatic carbocycles. The summed E-state index contributed by atoms with van der Waals surface area (Å²) >= 11 is 0. The molecule has 144 valence electrons. The fraction of sp³-hybridized carbons (Fsp3) is 0.0870. The summed E-state index contributed by atoms with van der Waals surface area (Å²) in [6.07, 6.45) is 0. The van der Waals surface area contributed by atoms with Gasteiger partial charge in [0.2, 0.25) is 11.8 Å². The molecule has 0 aliphatic rings. The van der Waals surface area contributed by atoms with Gasteiger partial charge in [0.1, 0.15) is 5.82 Å². The van der Waals surface area contributed by atoms with Crippen molar-refractivity contribution >= 4 is 5.91 Å². The number of hydrogen-bond donors (Lipinski definition) is 1. The molecule has 0 spiro atoms. The minimum Gasteiger partial charge on any atom is -0.419 e. The van der Waals surface area contributed by atoms with E-state index in [1.807, 2.05) is 60.7 Å². The molecule has 0 atom stereocenters. The Morgan fingerprint density at radius 1 is 0.862 bits per heavy atom. The fourth-order valence-electron chi connectivity index (χ4n) is 3.12. The highest BCUT2D eigenvalue weighted by molar-refractivity contribution is 5.87. The van der Waals surface area contributed by atoms with Gasteiger partial charge in [-0.3, -0.25) is 4.79 Å². The van der Waals surface area contributed by atoms with Crippen molar-refractivity contribution in [1.82, 2.24) is 15.5 Å². The van der Waals surface area contributed by atoms with Gasteiger partial charge in [-0.1, -0.05) is 72.8 Å². The van der Waals surface area contributed by atoms with Gasteiger partial charge in [0.15, 0.2) is 0 Å². The first-order valence-electron chi connectivity index (χ1n) is 9.17. The van der Waals surface area contributed by atoms with Gasteiger partial charge in [0.25, 0.3) is 5.89 Å². The number of carbonyl (C=O) groups is 1. The van der Waals surface area contributed by atoms with Crippen molar-refractivity contribution in [3.8, 4) is 11.5 Å². The van der Waals surface area contributed by atoms with E-state index in [9.17, 15) is 9.18 Å². The van der Waals surface area contributed by atoms with Gasteiger partial charge in [-0.15, -0.1) is 10.2 Å². The molecule has 0 bridgehead atoms. The number of aromatic nitrogens is 2. The van der Waals surface area contributed by atoms with Crippen molar-refractivity contribution in [3.05, 3.63) is 108 Å². The van der Waals surface area contributed by atoms with E-state index in [0.29, 0.717) is 0 Å². The molecule has 1 amide bonds. The predicted octanol–water partition coefficient (Wildman–Crippen LogP) is 4.32. The third-order valence-corrected chi connectivity index (χ3v) is 4.51. The van der Waals surface area contributed by atoms with E-state index in [4.69, 9.17) is 4.42 Å². The van der Waals surface area contributed by atoms with Gasteiger partial charge in [-0.2, -0.15) is 0 Å². The monoisotopic (exact) mass is 387 g/mol. The van der Waals surface area contributed by atoms with Crippen LogP contribution in [0.1, 0.15) is 22.9 Å². The second kappa shape index (κ2) is 8.48. The molecule has 4 rings (SSSR count). The molecule has 0 aliphatic heterocycles. The number of nitrogens with one attached hydrogen (secondary N) is 1. The molecule has 0 unspecified atom stereocenters. The van der Waals surface area contributed by atoms with Gasteiger partial charge in [0, 0.05) is 0 Å². The smallest absolute Gasteiger partial charge is 0.250 e. The third-order valence-electron chi connectivity index (χ3n) is 4.51. The number of benzene rings is 3. The Hall–Kier alpha value is -3.80. The lowest BCUT2D eigenvalue weighted by Gasteiger charge is -2.17. The van der Waals surface area contributed by atoms with Crippen LogP contribution < -0.4 is 5.32 Å². The molecule has 0 fully saturated rings. The highest BCUT2D eigenvalue weighted by Crippen LogP contribution is 2.25. The number of rotatable bonds is 6. The van der Waals surface area contributed by atoms with Crippen LogP contribution in [-0.2, 0) is 11.3 Å². The molecule has 0 aliphatic carbocycles. The van der Waals surface area contributed by atoms with E-state index in [-0.39, 0.29) is 29.8 Å². The van der Waals surface area contributed by atoms with E-state index in [1.54, 1.807) is 18.2 Å². The molecule has 1 heterocycles. The lowest BCUT2D eigenvalue weighted by molar-refractivity contribution is -0.122. The molecule has 0 radical (unpaired) electrons. The van der Waals surface area contributed by atoms with Gasteiger partial charge in [-0.25, -0.2) is 4.39 Å². The van der Waals surface area contributed by atoms with E-state index in [2.05, 4.69) is 15.5 Å². The van der Waals surface area contributed by atoms with Gasteiger partial charge in [-0.05, 0) is 23.3 Å². The topological polar surface area (TPSA) is 68.0 Å². The summed E-state index contributed by atoms with van der Waals surface area (Å²) in [5.41, 5.74) is 1.99. The Morgan fingerprint density at radius 3 is 2.07 bits per heavy atom. The van der Waals surface area contributed by atoms with Gasteiger partial charge in [0.05, 0.1) is 18.0 Å². The molecule has 5 nitrogen and oxygen atoms in total. The summed E-state index contributed by atoms with van der Waals surface area (Å²) in [7, 11) is 0. The summed E-state index contributed by atoms with van der Waals surface area (Å²) in [5, 5.41) is 10.6. The Balaban J connectivity index is 1.51. The molecule has 1 N–H and O–H groups in total. The second-order valence-corrected chi connectivity index (χ2v) is 6.45. The van der Waals surface area contributed by atoms with Gasteiger partial charge >= 0.3 is 0 Å². The van der Waals surface area contributed by atoms with E-state index >= 15 is 0 Å². The van der Waals surface area contributed by atoms with Crippen LogP contribution in [0.2, 0.25) is 0 Å². The van der Waals surface area contributed by atoms with Crippen LogP contribution in [0.4, 0.5) is 4.39 Å². The zero-order valence-corrected chi connectivity index (χ0v) is 15.5. The second-order valence-electron chi connectivity index (χ2n) is 6.45. The molecular weight excluding hydrogens is 369 g/mol. The van der Waals surface area contributed by atoms with Crippen LogP contribution in [0.5, 0.6) is 0 Å². The maximum atomic E-state index is 13.9. The lowest BCUT2D eigenvalue weighted by Crippen LogP contribution is -2.29. The highest BCUT2D eigenvalue weighted by Gasteiger charge is 2.23. The van der Waals surface area contributed by atoms with Gasteiger partial charge < -0.3 is 9.73 Å². The molecule has 6 heteroatoms. The summed E-state index contributed by atoms with van der Waals surface area (Å²) in [6, 6.07) is 25.2. The molecule has 4 aromatic rings. The number of nitrogens with zero attached hydrogens (tertiary/aromatic N) is 2. The van der Waals surface area contributed by atoms with Crippen molar-refractivity contribution in [1.29, 1.82) is 0 Å². The summed E-state index contributed by atoms with van der Waals surface area (Å²) in [6.45, 7) is 0.0520. The maximum absolute atomic E-state index is 13.9. The zero-order valence-electron chi connectivity index (χ0n) is 15.5. The Kier molecular flexibility index (Phi) is 5.42. The van der Waals surface area contributed by atoms with Crippen molar-refractivity contribution in [2.45, 2.75) is 12.5 Å². The molecular formula is C23H18FN3O2. The fourth-order valence-corrected chi connectivity index (χ4v) is 3.12. The number of amides is 1. The zero-order chi connectivity index (χ0) is 20.1. The number of halogens is 1. The maximum Gasteiger partial charge on any atom is 0.250 e. The summed E-state index contributed by atoms with van der Waals surface area (Å²) < 4.78 is 19.4. The van der Waals surface area contributed by atoms with Crippen molar-refractivity contribution in [2.24, 2.45) is 0 Å². The van der Waals surface area contributed by atoms with Crippen LogP contribution in [-0.4, -0.2) is 16.1 Å². The quantitative estimate of drug-likeness (QED) is 0.535. The lowest BCUT2D eigenvalue weighted by atomic mass is 9.90. The van der Waals surface area contributed by atoms with E-state index in [0.717, 1.165) is 11.1 Å². The van der Waals surface area contributed by atoms with E-state index in [1.165, 1.54) is 6.07 Å². The number of hydrogen-bond acceptors (Lipinski definition) is 4. The van der Waals surface area contributed by atoms with Crippen LogP contribution in [0.25, 0.3) is 11.5 Å². The Labute approximate surface area is 167 Å². The first kappa shape index (κ1) is 18.6.